The summed E-state index contributed by atoms with van der Waals surface area (Å²) in [5, 5.41) is 0.514. The molecule has 0 amide bonds. The van der Waals surface area contributed by atoms with Crippen LogP contribution in [0.3, 0.4) is 0 Å². The SMILES string of the molecule is COC(=O)C1CCc2c(Cl)nc(-c3ccncc3)n2C1. The molecule has 1 unspecified atom stereocenters. The molecule has 6 heteroatoms. The van der Waals surface area contributed by atoms with Gasteiger partial charge in [-0.1, -0.05) is 11.6 Å². The van der Waals surface area contributed by atoms with Gasteiger partial charge in [-0.05, 0) is 25.0 Å². The highest BCUT2D eigenvalue weighted by molar-refractivity contribution is 6.30. The summed E-state index contributed by atoms with van der Waals surface area (Å²) in [6, 6.07) is 3.77. The molecular formula is C14H14ClN3O2. The fraction of sp³-hybridized carbons (Fsp3) is 0.357. The van der Waals surface area contributed by atoms with Crippen LogP contribution in [0.1, 0.15) is 12.1 Å². The van der Waals surface area contributed by atoms with Crippen LogP contribution in [0.5, 0.6) is 0 Å². The van der Waals surface area contributed by atoms with Crippen LogP contribution in [0.15, 0.2) is 24.5 Å². The maximum Gasteiger partial charge on any atom is 0.310 e. The Labute approximate surface area is 121 Å². The van der Waals surface area contributed by atoms with Crippen molar-refractivity contribution in [3.8, 4) is 11.4 Å². The Morgan fingerprint density at radius 1 is 1.45 bits per heavy atom. The van der Waals surface area contributed by atoms with E-state index in [0.717, 1.165) is 29.9 Å². The topological polar surface area (TPSA) is 57.0 Å². The number of carbonyl (C=O) groups is 1. The van der Waals surface area contributed by atoms with E-state index in [1.165, 1.54) is 7.11 Å². The van der Waals surface area contributed by atoms with Crippen molar-refractivity contribution in [1.29, 1.82) is 0 Å². The van der Waals surface area contributed by atoms with Crippen molar-refractivity contribution in [3.05, 3.63) is 35.4 Å². The lowest BCUT2D eigenvalue weighted by Crippen LogP contribution is -2.28. The quantitative estimate of drug-likeness (QED) is 0.797. The fourth-order valence-electron chi connectivity index (χ4n) is 2.59. The van der Waals surface area contributed by atoms with Crippen LogP contribution < -0.4 is 0 Å². The van der Waals surface area contributed by atoms with Gasteiger partial charge in [-0.15, -0.1) is 0 Å². The summed E-state index contributed by atoms with van der Waals surface area (Å²) in [6.45, 7) is 0.555. The number of aromatic nitrogens is 3. The number of ether oxygens (including phenoxy) is 1. The van der Waals surface area contributed by atoms with E-state index in [4.69, 9.17) is 16.3 Å². The lowest BCUT2D eigenvalue weighted by Gasteiger charge is -2.23. The van der Waals surface area contributed by atoms with Crippen LogP contribution in [0, 0.1) is 5.92 Å². The highest BCUT2D eigenvalue weighted by Gasteiger charge is 2.29. The molecule has 0 aromatic carbocycles. The molecule has 1 aliphatic heterocycles. The number of hydrogen-bond acceptors (Lipinski definition) is 4. The molecule has 1 atom stereocenters. The van der Waals surface area contributed by atoms with Gasteiger partial charge in [-0.2, -0.15) is 0 Å². The average Bonchev–Trinajstić information content (AvgIpc) is 2.84. The number of halogens is 1. The molecule has 0 bridgehead atoms. The van der Waals surface area contributed by atoms with Crippen molar-refractivity contribution in [2.45, 2.75) is 19.4 Å². The molecule has 2 aromatic rings. The van der Waals surface area contributed by atoms with E-state index in [1.54, 1.807) is 12.4 Å². The highest BCUT2D eigenvalue weighted by Crippen LogP contribution is 2.32. The Morgan fingerprint density at radius 2 is 2.20 bits per heavy atom. The number of pyridine rings is 1. The first-order valence-corrected chi connectivity index (χ1v) is 6.81. The Balaban J connectivity index is 2.01. The molecule has 2 aromatic heterocycles. The highest BCUT2D eigenvalue weighted by atomic mass is 35.5. The summed E-state index contributed by atoms with van der Waals surface area (Å²) < 4.78 is 6.86. The molecular weight excluding hydrogens is 278 g/mol. The molecule has 1 aliphatic rings. The van der Waals surface area contributed by atoms with Crippen molar-refractivity contribution in [2.75, 3.05) is 7.11 Å². The minimum absolute atomic E-state index is 0.140. The predicted molar refractivity (Wildman–Crippen MR) is 74.3 cm³/mol. The van der Waals surface area contributed by atoms with Gasteiger partial charge in [-0.3, -0.25) is 9.78 Å². The molecule has 0 saturated heterocycles. The number of nitrogens with zero attached hydrogens (tertiary/aromatic N) is 3. The van der Waals surface area contributed by atoms with Gasteiger partial charge in [0.25, 0.3) is 0 Å². The number of rotatable bonds is 2. The third kappa shape index (κ3) is 2.18. The number of methoxy groups -OCH3 is 1. The minimum atomic E-state index is -0.179. The Hall–Kier alpha value is -1.88. The van der Waals surface area contributed by atoms with Gasteiger partial charge in [0.15, 0.2) is 5.15 Å². The predicted octanol–water partition coefficient (Wildman–Crippen LogP) is 2.33. The van der Waals surface area contributed by atoms with Gasteiger partial charge in [0.1, 0.15) is 5.82 Å². The number of carbonyl (C=O) groups excluding carboxylic acids is 1. The first-order valence-electron chi connectivity index (χ1n) is 6.44. The van der Waals surface area contributed by atoms with Crippen LogP contribution >= 0.6 is 11.6 Å². The van der Waals surface area contributed by atoms with Crippen molar-refractivity contribution < 1.29 is 9.53 Å². The molecule has 104 valence electrons. The van der Waals surface area contributed by atoms with Crippen molar-refractivity contribution in [1.82, 2.24) is 14.5 Å². The molecule has 0 radical (unpaired) electrons. The Bertz CT molecular complexity index is 639. The summed E-state index contributed by atoms with van der Waals surface area (Å²) >= 11 is 6.21. The second-order valence-corrected chi connectivity index (χ2v) is 5.14. The second-order valence-electron chi connectivity index (χ2n) is 4.78. The van der Waals surface area contributed by atoms with Gasteiger partial charge >= 0.3 is 5.97 Å². The fourth-order valence-corrected chi connectivity index (χ4v) is 2.87. The summed E-state index contributed by atoms with van der Waals surface area (Å²) in [5.74, 6) is 0.459. The van der Waals surface area contributed by atoms with Crippen LogP contribution in [0.4, 0.5) is 0 Å². The molecule has 0 aliphatic carbocycles. The van der Waals surface area contributed by atoms with Gasteiger partial charge in [0.05, 0.1) is 18.7 Å². The van der Waals surface area contributed by atoms with Crippen molar-refractivity contribution in [3.63, 3.8) is 0 Å². The zero-order valence-electron chi connectivity index (χ0n) is 11.0. The summed E-state index contributed by atoms with van der Waals surface area (Å²) in [4.78, 5) is 20.2. The third-order valence-corrected chi connectivity index (χ3v) is 3.93. The maximum atomic E-state index is 11.7. The molecule has 20 heavy (non-hydrogen) atoms. The number of fused-ring (bicyclic) bond motifs is 1. The van der Waals surface area contributed by atoms with E-state index >= 15 is 0 Å². The zero-order chi connectivity index (χ0) is 14.1. The van der Waals surface area contributed by atoms with Gasteiger partial charge < -0.3 is 9.30 Å². The van der Waals surface area contributed by atoms with Crippen LogP contribution in [0.2, 0.25) is 5.15 Å². The smallest absolute Gasteiger partial charge is 0.310 e. The number of esters is 1. The standard InChI is InChI=1S/C14H14ClN3O2/c1-20-14(19)10-2-3-11-12(15)17-13(18(11)8-10)9-4-6-16-7-5-9/h4-7,10H,2-3,8H2,1H3. The molecule has 0 saturated carbocycles. The maximum absolute atomic E-state index is 11.7. The zero-order valence-corrected chi connectivity index (χ0v) is 11.8. The Morgan fingerprint density at radius 3 is 2.90 bits per heavy atom. The normalized spacial score (nSPS) is 17.6. The molecule has 3 rings (SSSR count). The second kappa shape index (κ2) is 5.25. The van der Waals surface area contributed by atoms with Gasteiger partial charge in [0.2, 0.25) is 0 Å². The molecule has 3 heterocycles. The monoisotopic (exact) mass is 291 g/mol. The van der Waals surface area contributed by atoms with Gasteiger partial charge in [0, 0.05) is 24.5 Å². The molecule has 5 nitrogen and oxygen atoms in total. The van der Waals surface area contributed by atoms with Gasteiger partial charge in [-0.25, -0.2) is 4.98 Å². The average molecular weight is 292 g/mol. The number of hydrogen-bond donors (Lipinski definition) is 0. The lowest BCUT2D eigenvalue weighted by molar-refractivity contribution is -0.146. The minimum Gasteiger partial charge on any atom is -0.469 e. The molecule has 0 spiro atoms. The van der Waals surface area contributed by atoms with E-state index in [0.29, 0.717) is 11.7 Å². The summed E-state index contributed by atoms with van der Waals surface area (Å²) in [6.07, 6.45) is 4.90. The van der Waals surface area contributed by atoms with Crippen molar-refractivity contribution >= 4 is 17.6 Å². The summed E-state index contributed by atoms with van der Waals surface area (Å²) in [5.41, 5.74) is 1.93. The van der Waals surface area contributed by atoms with E-state index in [2.05, 4.69) is 9.97 Å². The molecule has 0 fully saturated rings. The largest absolute Gasteiger partial charge is 0.469 e. The van der Waals surface area contributed by atoms with Crippen LogP contribution in [0.25, 0.3) is 11.4 Å². The van der Waals surface area contributed by atoms with E-state index in [-0.39, 0.29) is 11.9 Å². The van der Waals surface area contributed by atoms with Crippen LogP contribution in [-0.4, -0.2) is 27.6 Å². The van der Waals surface area contributed by atoms with E-state index in [9.17, 15) is 4.79 Å². The number of imidazole rings is 1. The van der Waals surface area contributed by atoms with Crippen LogP contribution in [-0.2, 0) is 22.5 Å². The first-order chi connectivity index (χ1) is 9.70. The Kier molecular flexibility index (Phi) is 3.44. The van der Waals surface area contributed by atoms with E-state index in [1.807, 2.05) is 16.7 Å². The first kappa shape index (κ1) is 13.1. The lowest BCUT2D eigenvalue weighted by atomic mass is 9.98. The van der Waals surface area contributed by atoms with E-state index < -0.39 is 0 Å². The third-order valence-electron chi connectivity index (χ3n) is 3.63. The molecule has 0 N–H and O–H groups in total. The summed E-state index contributed by atoms with van der Waals surface area (Å²) in [7, 11) is 1.42. The van der Waals surface area contributed by atoms with Crippen molar-refractivity contribution in [2.24, 2.45) is 5.92 Å².